The van der Waals surface area contributed by atoms with E-state index in [9.17, 15) is 9.50 Å². The fourth-order valence-corrected chi connectivity index (χ4v) is 4.01. The zero-order chi connectivity index (χ0) is 21.3. The first-order valence-electron chi connectivity index (χ1n) is 10.1. The van der Waals surface area contributed by atoms with Crippen LogP contribution >= 0.6 is 11.6 Å². The molecule has 4 rings (SSSR count). The number of hydrogen-bond acceptors (Lipinski definition) is 7. The maximum absolute atomic E-state index is 14.6. The minimum absolute atomic E-state index is 0.0484. The molecule has 0 spiro atoms. The molecule has 3 aromatic rings. The van der Waals surface area contributed by atoms with Crippen molar-refractivity contribution < 1.29 is 9.50 Å². The highest BCUT2D eigenvalue weighted by Crippen LogP contribution is 2.29. The molecule has 0 aromatic carbocycles. The number of H-pyrrole nitrogens is 1. The number of aromatic amines is 1. The third-order valence-electron chi connectivity index (χ3n) is 5.52. The highest BCUT2D eigenvalue weighted by atomic mass is 35.5. The molecule has 0 amide bonds. The van der Waals surface area contributed by atoms with Gasteiger partial charge in [-0.1, -0.05) is 18.5 Å². The van der Waals surface area contributed by atoms with Crippen LogP contribution in [0.2, 0.25) is 5.02 Å². The van der Waals surface area contributed by atoms with Gasteiger partial charge in [0.05, 0.1) is 23.4 Å². The number of halogens is 2. The van der Waals surface area contributed by atoms with Gasteiger partial charge < -0.3 is 10.1 Å². The number of hydrogen-bond donors (Lipinski definition) is 3. The molecular weight excluding hydrogens is 409 g/mol. The van der Waals surface area contributed by atoms with Gasteiger partial charge in [0.15, 0.2) is 17.5 Å². The summed E-state index contributed by atoms with van der Waals surface area (Å²) in [6, 6.07) is 1.65. The highest BCUT2D eigenvalue weighted by Gasteiger charge is 2.28. The lowest BCUT2D eigenvalue weighted by Gasteiger charge is -2.38. The SMILES string of the molecule is CC[C@H](O)CN1CCC[C@H](N(N)c2nc(-c3c[nH]c4ncc(Cl)cc34)ncc2F)C1. The van der Waals surface area contributed by atoms with Gasteiger partial charge in [0.1, 0.15) is 5.65 Å². The molecule has 0 radical (unpaired) electrons. The van der Waals surface area contributed by atoms with E-state index < -0.39 is 5.82 Å². The molecule has 1 aliphatic rings. The summed E-state index contributed by atoms with van der Waals surface area (Å²) in [5, 5.41) is 12.6. The summed E-state index contributed by atoms with van der Waals surface area (Å²) in [6.45, 7) is 4.06. The zero-order valence-electron chi connectivity index (χ0n) is 16.7. The van der Waals surface area contributed by atoms with Gasteiger partial charge in [-0.15, -0.1) is 0 Å². The number of nitrogens with one attached hydrogen (secondary N) is 1. The van der Waals surface area contributed by atoms with Gasteiger partial charge in [0, 0.05) is 36.4 Å². The molecule has 0 unspecified atom stereocenters. The maximum Gasteiger partial charge on any atom is 0.185 e. The molecule has 160 valence electrons. The van der Waals surface area contributed by atoms with Gasteiger partial charge in [-0.2, -0.15) is 0 Å². The fourth-order valence-electron chi connectivity index (χ4n) is 3.86. The molecule has 1 saturated heterocycles. The number of β-amino-alcohol motifs (C(OH)–C–C–N with tert-alkyl or cyclic N) is 1. The maximum atomic E-state index is 14.6. The fraction of sp³-hybridized carbons (Fsp3) is 0.450. The lowest BCUT2D eigenvalue weighted by molar-refractivity contribution is 0.0921. The van der Waals surface area contributed by atoms with Crippen LogP contribution in [-0.2, 0) is 0 Å². The first-order chi connectivity index (χ1) is 14.5. The average molecular weight is 434 g/mol. The van der Waals surface area contributed by atoms with Gasteiger partial charge in [-0.3, -0.25) is 9.91 Å². The van der Waals surface area contributed by atoms with Gasteiger partial charge >= 0.3 is 0 Å². The smallest absolute Gasteiger partial charge is 0.185 e. The Morgan fingerprint density at radius 3 is 3.07 bits per heavy atom. The van der Waals surface area contributed by atoms with Gasteiger partial charge in [-0.05, 0) is 31.9 Å². The number of aromatic nitrogens is 4. The average Bonchev–Trinajstić information content (AvgIpc) is 3.16. The molecule has 30 heavy (non-hydrogen) atoms. The van der Waals surface area contributed by atoms with E-state index in [0.29, 0.717) is 41.6 Å². The van der Waals surface area contributed by atoms with Crippen LogP contribution in [0.4, 0.5) is 10.2 Å². The van der Waals surface area contributed by atoms with E-state index in [0.717, 1.165) is 31.0 Å². The molecule has 1 fully saturated rings. The largest absolute Gasteiger partial charge is 0.392 e. The second kappa shape index (κ2) is 8.81. The van der Waals surface area contributed by atoms with Crippen LogP contribution < -0.4 is 10.9 Å². The molecule has 4 N–H and O–H groups in total. The van der Waals surface area contributed by atoms with Crippen LogP contribution in [0.25, 0.3) is 22.4 Å². The number of fused-ring (bicyclic) bond motifs is 1. The Bertz CT molecular complexity index is 1030. The molecule has 0 bridgehead atoms. The predicted octanol–water partition coefficient (Wildman–Crippen LogP) is 2.73. The monoisotopic (exact) mass is 433 g/mol. The minimum atomic E-state index is -0.581. The van der Waals surface area contributed by atoms with Gasteiger partial charge in [-0.25, -0.2) is 25.2 Å². The summed E-state index contributed by atoms with van der Waals surface area (Å²) in [6.07, 6.45) is 6.46. The van der Waals surface area contributed by atoms with E-state index in [1.165, 1.54) is 5.01 Å². The Kier molecular flexibility index (Phi) is 6.14. The Balaban J connectivity index is 1.60. The predicted molar refractivity (Wildman–Crippen MR) is 115 cm³/mol. The van der Waals surface area contributed by atoms with E-state index in [1.54, 1.807) is 18.5 Å². The second-order valence-corrected chi connectivity index (χ2v) is 8.08. The quantitative estimate of drug-likeness (QED) is 0.405. The number of nitrogens with two attached hydrogens (primary N) is 1. The number of nitrogens with zero attached hydrogens (tertiary/aromatic N) is 5. The van der Waals surface area contributed by atoms with E-state index >= 15 is 0 Å². The van der Waals surface area contributed by atoms with Crippen LogP contribution in [-0.4, -0.2) is 61.7 Å². The van der Waals surface area contributed by atoms with E-state index in [4.69, 9.17) is 17.4 Å². The number of aliphatic hydroxyl groups is 1. The number of rotatable bonds is 6. The highest BCUT2D eigenvalue weighted by molar-refractivity contribution is 6.31. The summed E-state index contributed by atoms with van der Waals surface area (Å²) in [5.74, 6) is 6.13. The van der Waals surface area contributed by atoms with Crippen molar-refractivity contribution in [1.29, 1.82) is 0 Å². The van der Waals surface area contributed by atoms with Crippen molar-refractivity contribution in [3.8, 4) is 11.4 Å². The third-order valence-corrected chi connectivity index (χ3v) is 5.73. The molecule has 0 saturated carbocycles. The number of pyridine rings is 1. The summed E-state index contributed by atoms with van der Waals surface area (Å²) < 4.78 is 14.6. The molecule has 8 nitrogen and oxygen atoms in total. The number of hydrazine groups is 1. The van der Waals surface area contributed by atoms with Crippen molar-refractivity contribution >= 4 is 28.5 Å². The first kappa shape index (κ1) is 20.9. The molecule has 3 aromatic heterocycles. The number of aliphatic hydroxyl groups excluding tert-OH is 1. The van der Waals surface area contributed by atoms with E-state index in [-0.39, 0.29) is 18.0 Å². The standard InChI is InChI=1S/C20H25ClFN7O/c1-2-14(30)11-28-5-3-4-13(10-28)29(23)20-17(22)9-26-19(27-20)16-8-25-18-15(16)6-12(21)7-24-18/h6-9,13-14,30H,2-5,10-11,23H2,1H3,(H,24,25)/t13-,14-/m0/s1. The number of piperidine rings is 1. The second-order valence-electron chi connectivity index (χ2n) is 7.64. The Morgan fingerprint density at radius 2 is 2.27 bits per heavy atom. The Labute approximate surface area is 178 Å². The van der Waals surface area contributed by atoms with Crippen molar-refractivity contribution in [2.75, 3.05) is 24.6 Å². The molecule has 4 heterocycles. The van der Waals surface area contributed by atoms with Crippen LogP contribution in [0.5, 0.6) is 0 Å². The van der Waals surface area contributed by atoms with Crippen LogP contribution in [0.3, 0.4) is 0 Å². The lowest BCUT2D eigenvalue weighted by atomic mass is 10.0. The molecule has 1 aliphatic heterocycles. The normalized spacial score (nSPS) is 18.6. The van der Waals surface area contributed by atoms with Crippen LogP contribution in [0.15, 0.2) is 24.7 Å². The van der Waals surface area contributed by atoms with Crippen molar-refractivity contribution in [1.82, 2.24) is 24.8 Å². The molecular formula is C20H25ClFN7O. The van der Waals surface area contributed by atoms with Crippen LogP contribution in [0, 0.1) is 5.82 Å². The molecule has 10 heteroatoms. The van der Waals surface area contributed by atoms with Crippen molar-refractivity contribution in [3.63, 3.8) is 0 Å². The summed E-state index contributed by atoms with van der Waals surface area (Å²) in [5.41, 5.74) is 1.32. The zero-order valence-corrected chi connectivity index (χ0v) is 17.5. The summed E-state index contributed by atoms with van der Waals surface area (Å²) in [4.78, 5) is 18.0. The Hall–Kier alpha value is -2.33. The van der Waals surface area contributed by atoms with E-state index in [1.807, 2.05) is 6.92 Å². The first-order valence-corrected chi connectivity index (χ1v) is 10.4. The summed E-state index contributed by atoms with van der Waals surface area (Å²) in [7, 11) is 0. The van der Waals surface area contributed by atoms with Crippen LogP contribution in [0.1, 0.15) is 26.2 Å². The lowest BCUT2D eigenvalue weighted by Crippen LogP contribution is -2.53. The Morgan fingerprint density at radius 1 is 1.43 bits per heavy atom. The van der Waals surface area contributed by atoms with Crippen molar-refractivity contribution in [3.05, 3.63) is 35.5 Å². The van der Waals surface area contributed by atoms with Gasteiger partial charge in [0.2, 0.25) is 0 Å². The molecule has 2 atom stereocenters. The number of anilines is 1. The molecule has 0 aliphatic carbocycles. The van der Waals surface area contributed by atoms with Gasteiger partial charge in [0.25, 0.3) is 0 Å². The summed E-state index contributed by atoms with van der Waals surface area (Å²) >= 11 is 6.08. The minimum Gasteiger partial charge on any atom is -0.392 e. The van der Waals surface area contributed by atoms with Crippen molar-refractivity contribution in [2.45, 2.75) is 38.3 Å². The van der Waals surface area contributed by atoms with Crippen molar-refractivity contribution in [2.24, 2.45) is 5.84 Å². The topological polar surface area (TPSA) is 107 Å². The third kappa shape index (κ3) is 4.24. The number of likely N-dealkylation sites (tertiary alicyclic amines) is 1. The van der Waals surface area contributed by atoms with E-state index in [2.05, 4.69) is 24.8 Å².